The summed E-state index contributed by atoms with van der Waals surface area (Å²) in [5.74, 6) is -0.493. The highest BCUT2D eigenvalue weighted by molar-refractivity contribution is 6.00. The third-order valence-electron chi connectivity index (χ3n) is 3.60. The van der Waals surface area contributed by atoms with Gasteiger partial charge in [0, 0.05) is 6.42 Å². The van der Waals surface area contributed by atoms with Crippen LogP contribution in [0.2, 0.25) is 0 Å². The minimum absolute atomic E-state index is 0.0319. The number of piperidine rings is 1. The molecule has 1 unspecified atom stereocenters. The molecule has 1 saturated heterocycles. The number of hydrogen-bond donors (Lipinski definition) is 3. The molecule has 6 nitrogen and oxygen atoms in total. The number of aromatic carboxylic acids is 1. The van der Waals surface area contributed by atoms with Crippen molar-refractivity contribution in [3.05, 3.63) is 23.8 Å². The zero-order chi connectivity index (χ0) is 15.2. The maximum atomic E-state index is 12.0. The van der Waals surface area contributed by atoms with Crippen molar-refractivity contribution in [3.63, 3.8) is 0 Å². The van der Waals surface area contributed by atoms with E-state index in [1.807, 2.05) is 0 Å². The van der Waals surface area contributed by atoms with E-state index in [4.69, 9.17) is 4.74 Å². The van der Waals surface area contributed by atoms with Gasteiger partial charge in [-0.05, 0) is 50.0 Å². The third-order valence-corrected chi connectivity index (χ3v) is 3.60. The lowest BCUT2D eigenvalue weighted by molar-refractivity contribution is -0.117. The molecule has 114 valence electrons. The molecule has 21 heavy (non-hydrogen) atoms. The standard InChI is InChI=1S/C15H20N2O4/c1-21-11-4-5-13(12(8-11)15(19)20)17-14(18)7-10-3-2-6-16-9-10/h4-5,8,10,16H,2-3,6-7,9H2,1H3,(H,17,18)(H,19,20). The normalized spacial score (nSPS) is 18.0. The molecule has 1 aromatic rings. The van der Waals surface area contributed by atoms with E-state index in [1.165, 1.54) is 13.2 Å². The highest BCUT2D eigenvalue weighted by Crippen LogP contribution is 2.23. The van der Waals surface area contributed by atoms with E-state index in [-0.39, 0.29) is 11.5 Å². The molecule has 1 aliphatic heterocycles. The van der Waals surface area contributed by atoms with E-state index in [9.17, 15) is 14.7 Å². The van der Waals surface area contributed by atoms with Crippen molar-refractivity contribution in [1.29, 1.82) is 0 Å². The number of carbonyl (C=O) groups excluding carboxylic acids is 1. The molecule has 2 rings (SSSR count). The van der Waals surface area contributed by atoms with Gasteiger partial charge < -0.3 is 20.5 Å². The van der Waals surface area contributed by atoms with E-state index < -0.39 is 5.97 Å². The van der Waals surface area contributed by atoms with E-state index in [2.05, 4.69) is 10.6 Å². The van der Waals surface area contributed by atoms with Crippen LogP contribution in [0.3, 0.4) is 0 Å². The first-order valence-electron chi connectivity index (χ1n) is 7.02. The lowest BCUT2D eigenvalue weighted by Crippen LogP contribution is -2.32. The zero-order valence-corrected chi connectivity index (χ0v) is 12.0. The van der Waals surface area contributed by atoms with Gasteiger partial charge in [-0.15, -0.1) is 0 Å². The van der Waals surface area contributed by atoms with Crippen molar-refractivity contribution in [1.82, 2.24) is 5.32 Å². The Hall–Kier alpha value is -2.08. The van der Waals surface area contributed by atoms with Gasteiger partial charge in [0.2, 0.25) is 5.91 Å². The molecule has 6 heteroatoms. The van der Waals surface area contributed by atoms with Crippen molar-refractivity contribution < 1.29 is 19.4 Å². The zero-order valence-electron chi connectivity index (χ0n) is 12.0. The topological polar surface area (TPSA) is 87.7 Å². The predicted octanol–water partition coefficient (Wildman–Crippen LogP) is 1.72. The van der Waals surface area contributed by atoms with E-state index in [0.717, 1.165) is 25.9 Å². The first-order chi connectivity index (χ1) is 10.1. The van der Waals surface area contributed by atoms with Crippen LogP contribution in [-0.4, -0.2) is 37.2 Å². The number of carboxylic acids is 1. The van der Waals surface area contributed by atoms with Gasteiger partial charge in [0.15, 0.2) is 0 Å². The molecule has 0 aliphatic carbocycles. The maximum absolute atomic E-state index is 12.0. The molecule has 3 N–H and O–H groups in total. The van der Waals surface area contributed by atoms with Crippen LogP contribution in [0, 0.1) is 5.92 Å². The van der Waals surface area contributed by atoms with E-state index in [0.29, 0.717) is 23.8 Å². The summed E-state index contributed by atoms with van der Waals surface area (Å²) in [5.41, 5.74) is 0.335. The van der Waals surface area contributed by atoms with Gasteiger partial charge in [-0.3, -0.25) is 4.79 Å². The Kier molecular flexibility index (Phi) is 5.16. The lowest BCUT2D eigenvalue weighted by atomic mass is 9.96. The Morgan fingerprint density at radius 1 is 1.48 bits per heavy atom. The summed E-state index contributed by atoms with van der Waals surface area (Å²) in [5, 5.41) is 15.1. The monoisotopic (exact) mass is 292 g/mol. The van der Waals surface area contributed by atoms with Crippen LogP contribution in [-0.2, 0) is 4.79 Å². The van der Waals surface area contributed by atoms with Crippen molar-refractivity contribution in [2.45, 2.75) is 19.3 Å². The van der Waals surface area contributed by atoms with Gasteiger partial charge in [0.1, 0.15) is 5.75 Å². The van der Waals surface area contributed by atoms with Crippen LogP contribution in [0.4, 0.5) is 5.69 Å². The number of anilines is 1. The van der Waals surface area contributed by atoms with Gasteiger partial charge in [0.05, 0.1) is 18.4 Å². The molecule has 1 atom stereocenters. The van der Waals surface area contributed by atoms with Crippen LogP contribution in [0.1, 0.15) is 29.6 Å². The van der Waals surface area contributed by atoms with Crippen LogP contribution >= 0.6 is 0 Å². The van der Waals surface area contributed by atoms with Crippen LogP contribution < -0.4 is 15.4 Å². The summed E-state index contributed by atoms with van der Waals surface area (Å²) in [4.78, 5) is 23.3. The summed E-state index contributed by atoms with van der Waals surface area (Å²) in [6.07, 6.45) is 2.49. The Bertz CT molecular complexity index is 524. The summed E-state index contributed by atoms with van der Waals surface area (Å²) in [6, 6.07) is 4.59. The first kappa shape index (κ1) is 15.3. The number of benzene rings is 1. The Labute approximate surface area is 123 Å². The number of rotatable bonds is 5. The highest BCUT2D eigenvalue weighted by Gasteiger charge is 2.19. The quantitative estimate of drug-likeness (QED) is 0.769. The average molecular weight is 292 g/mol. The van der Waals surface area contributed by atoms with Crippen molar-refractivity contribution in [3.8, 4) is 5.75 Å². The van der Waals surface area contributed by atoms with Gasteiger partial charge in [-0.1, -0.05) is 0 Å². The van der Waals surface area contributed by atoms with E-state index in [1.54, 1.807) is 12.1 Å². The molecule has 1 amide bonds. The largest absolute Gasteiger partial charge is 0.497 e. The molecule has 1 aromatic carbocycles. The van der Waals surface area contributed by atoms with Crippen LogP contribution in [0.15, 0.2) is 18.2 Å². The minimum Gasteiger partial charge on any atom is -0.497 e. The number of methoxy groups -OCH3 is 1. The van der Waals surface area contributed by atoms with Crippen molar-refractivity contribution >= 4 is 17.6 Å². The number of carbonyl (C=O) groups is 2. The second kappa shape index (κ2) is 7.08. The van der Waals surface area contributed by atoms with Gasteiger partial charge in [0.25, 0.3) is 0 Å². The molecule has 0 bridgehead atoms. The third kappa shape index (κ3) is 4.19. The number of amides is 1. The Balaban J connectivity index is 2.04. The average Bonchev–Trinajstić information content (AvgIpc) is 2.48. The molecule has 0 saturated carbocycles. The van der Waals surface area contributed by atoms with Crippen LogP contribution in [0.25, 0.3) is 0 Å². The Morgan fingerprint density at radius 3 is 2.90 bits per heavy atom. The predicted molar refractivity (Wildman–Crippen MR) is 78.8 cm³/mol. The number of hydrogen-bond acceptors (Lipinski definition) is 4. The van der Waals surface area contributed by atoms with Gasteiger partial charge in [-0.2, -0.15) is 0 Å². The summed E-state index contributed by atoms with van der Waals surface area (Å²) in [7, 11) is 1.47. The molecule has 0 aromatic heterocycles. The summed E-state index contributed by atoms with van der Waals surface area (Å²) in [6.45, 7) is 1.83. The first-order valence-corrected chi connectivity index (χ1v) is 7.02. The van der Waals surface area contributed by atoms with Gasteiger partial charge >= 0.3 is 5.97 Å². The van der Waals surface area contributed by atoms with Crippen molar-refractivity contribution in [2.24, 2.45) is 5.92 Å². The number of carboxylic acid groups (broad SMARTS) is 1. The highest BCUT2D eigenvalue weighted by atomic mass is 16.5. The van der Waals surface area contributed by atoms with Crippen molar-refractivity contribution in [2.75, 3.05) is 25.5 Å². The fraction of sp³-hybridized carbons (Fsp3) is 0.467. The fourth-order valence-corrected chi connectivity index (χ4v) is 2.50. The minimum atomic E-state index is -1.09. The Morgan fingerprint density at radius 2 is 2.29 bits per heavy atom. The molecule has 1 fully saturated rings. The fourth-order valence-electron chi connectivity index (χ4n) is 2.50. The molecule has 1 aliphatic rings. The van der Waals surface area contributed by atoms with Gasteiger partial charge in [-0.25, -0.2) is 4.79 Å². The molecule has 1 heterocycles. The molecular weight excluding hydrogens is 272 g/mol. The SMILES string of the molecule is COc1ccc(NC(=O)CC2CCCNC2)c(C(=O)O)c1. The summed E-state index contributed by atoms with van der Waals surface area (Å²) >= 11 is 0. The smallest absolute Gasteiger partial charge is 0.337 e. The number of ether oxygens (including phenoxy) is 1. The summed E-state index contributed by atoms with van der Waals surface area (Å²) < 4.78 is 5.00. The second-order valence-corrected chi connectivity index (χ2v) is 5.18. The van der Waals surface area contributed by atoms with E-state index >= 15 is 0 Å². The molecule has 0 spiro atoms. The molecule has 0 radical (unpaired) electrons. The second-order valence-electron chi connectivity index (χ2n) is 5.18. The maximum Gasteiger partial charge on any atom is 0.337 e. The van der Waals surface area contributed by atoms with Crippen LogP contribution in [0.5, 0.6) is 5.75 Å². The number of nitrogens with one attached hydrogen (secondary N) is 2. The molecular formula is C15H20N2O4. The lowest BCUT2D eigenvalue weighted by Gasteiger charge is -2.22.